The molecule has 0 amide bonds. The minimum atomic E-state index is 0.396. The minimum Gasteiger partial charge on any atom is -0.512 e. The van der Waals surface area contributed by atoms with Crippen LogP contribution in [0.4, 0.5) is 0 Å². The Morgan fingerprint density at radius 1 is 0.935 bits per heavy atom. The van der Waals surface area contributed by atoms with E-state index in [1.165, 1.54) is 57.8 Å². The van der Waals surface area contributed by atoms with Crippen molar-refractivity contribution in [2.75, 3.05) is 0 Å². The van der Waals surface area contributed by atoms with Crippen molar-refractivity contribution >= 4 is 0 Å². The Hall–Kier alpha value is -0.720. The van der Waals surface area contributed by atoms with Crippen molar-refractivity contribution in [3.8, 4) is 0 Å². The van der Waals surface area contributed by atoms with Crippen molar-refractivity contribution in [1.82, 2.24) is 0 Å². The molecule has 0 saturated heterocycles. The minimum absolute atomic E-state index is 0.396. The van der Waals surface area contributed by atoms with Crippen LogP contribution in [0.25, 0.3) is 0 Å². The number of hydrogen-bond donors (Lipinski definition) is 1. The fourth-order valence-electron chi connectivity index (χ4n) is 9.55. The number of fused-ring (bicyclic) bond motifs is 4. The maximum atomic E-state index is 10.3. The normalized spacial score (nSPS) is 42.5. The van der Waals surface area contributed by atoms with E-state index in [4.69, 9.17) is 0 Å². The number of hydrogen-bond acceptors (Lipinski definition) is 1. The smallest absolute Gasteiger partial charge is 0.0909 e. The third-order valence-corrected chi connectivity index (χ3v) is 11.7. The SMILES string of the molecule is CC(C)=C(O)CC[C@@H](C)[C@H]1CC[C@@]2(C)C3=C(CC[C@]12C)[C@@]1(C)CCCC(C)(C)C1CC3. The average molecular weight is 427 g/mol. The van der Waals surface area contributed by atoms with Crippen molar-refractivity contribution in [3.63, 3.8) is 0 Å². The van der Waals surface area contributed by atoms with E-state index in [1.54, 1.807) is 0 Å². The summed E-state index contributed by atoms with van der Waals surface area (Å²) in [6.45, 7) is 19.7. The summed E-state index contributed by atoms with van der Waals surface area (Å²) in [7, 11) is 0. The summed E-state index contributed by atoms with van der Waals surface area (Å²) >= 11 is 0. The third kappa shape index (κ3) is 3.38. The molecule has 0 spiro atoms. The first-order valence-electron chi connectivity index (χ1n) is 13.4. The van der Waals surface area contributed by atoms with E-state index in [9.17, 15) is 5.11 Å². The molecule has 0 aromatic heterocycles. The molecule has 176 valence electrons. The van der Waals surface area contributed by atoms with Crippen molar-refractivity contribution < 1.29 is 5.11 Å². The van der Waals surface area contributed by atoms with Crippen molar-refractivity contribution in [3.05, 3.63) is 22.5 Å². The molecule has 1 unspecified atom stereocenters. The lowest BCUT2D eigenvalue weighted by atomic mass is 9.43. The summed E-state index contributed by atoms with van der Waals surface area (Å²) in [5, 5.41) is 10.3. The van der Waals surface area contributed by atoms with E-state index in [0.29, 0.717) is 33.3 Å². The molecule has 1 nitrogen and oxygen atoms in total. The van der Waals surface area contributed by atoms with E-state index in [-0.39, 0.29) is 0 Å². The van der Waals surface area contributed by atoms with Crippen molar-refractivity contribution in [1.29, 1.82) is 0 Å². The molecule has 6 atom stereocenters. The topological polar surface area (TPSA) is 20.2 Å². The Morgan fingerprint density at radius 2 is 1.65 bits per heavy atom. The van der Waals surface area contributed by atoms with Crippen LogP contribution in [0, 0.1) is 39.4 Å². The summed E-state index contributed by atoms with van der Waals surface area (Å²) in [6.07, 6.45) is 14.5. The fourth-order valence-corrected chi connectivity index (χ4v) is 9.55. The fraction of sp³-hybridized carbons (Fsp3) is 0.867. The van der Waals surface area contributed by atoms with Gasteiger partial charge in [0.25, 0.3) is 0 Å². The summed E-state index contributed by atoms with van der Waals surface area (Å²) in [6, 6.07) is 0. The van der Waals surface area contributed by atoms with Gasteiger partial charge >= 0.3 is 0 Å². The van der Waals surface area contributed by atoms with E-state index < -0.39 is 0 Å². The Bertz CT molecular complexity index is 780. The zero-order valence-electron chi connectivity index (χ0n) is 22.0. The largest absolute Gasteiger partial charge is 0.512 e. The molecule has 4 aliphatic carbocycles. The van der Waals surface area contributed by atoms with Crippen LogP contribution in [-0.2, 0) is 0 Å². The zero-order chi connectivity index (χ0) is 22.8. The highest BCUT2D eigenvalue weighted by atomic mass is 16.3. The quantitative estimate of drug-likeness (QED) is 0.350. The summed E-state index contributed by atoms with van der Waals surface area (Å²) in [5.74, 6) is 2.99. The Morgan fingerprint density at radius 3 is 2.32 bits per heavy atom. The zero-order valence-corrected chi connectivity index (χ0v) is 22.0. The monoisotopic (exact) mass is 426 g/mol. The highest BCUT2D eigenvalue weighted by Crippen LogP contribution is 2.72. The lowest BCUT2D eigenvalue weighted by Gasteiger charge is -2.61. The van der Waals surface area contributed by atoms with Gasteiger partial charge < -0.3 is 5.11 Å². The first-order chi connectivity index (χ1) is 14.4. The van der Waals surface area contributed by atoms with E-state index >= 15 is 0 Å². The van der Waals surface area contributed by atoms with E-state index in [1.807, 2.05) is 25.0 Å². The molecule has 1 N–H and O–H groups in total. The lowest BCUT2D eigenvalue weighted by molar-refractivity contribution is -0.0200. The Labute approximate surface area is 193 Å². The lowest BCUT2D eigenvalue weighted by Crippen LogP contribution is -2.51. The molecule has 0 aromatic carbocycles. The first-order valence-corrected chi connectivity index (χ1v) is 13.4. The van der Waals surface area contributed by atoms with Crippen molar-refractivity contribution in [2.24, 2.45) is 39.4 Å². The molecule has 31 heavy (non-hydrogen) atoms. The summed E-state index contributed by atoms with van der Waals surface area (Å²) in [4.78, 5) is 0. The van der Waals surface area contributed by atoms with Gasteiger partial charge in [-0.05, 0) is 117 Å². The molecule has 0 aliphatic heterocycles. The molecule has 4 aliphatic rings. The van der Waals surface area contributed by atoms with Gasteiger partial charge in [0.1, 0.15) is 0 Å². The molecule has 1 heteroatoms. The molecule has 0 radical (unpaired) electrons. The maximum absolute atomic E-state index is 10.3. The molecular formula is C30H50O. The van der Waals surface area contributed by atoms with Crippen LogP contribution in [0.3, 0.4) is 0 Å². The van der Waals surface area contributed by atoms with Crippen LogP contribution in [0.5, 0.6) is 0 Å². The van der Waals surface area contributed by atoms with Crippen LogP contribution in [0.2, 0.25) is 0 Å². The van der Waals surface area contributed by atoms with E-state index in [2.05, 4.69) is 41.5 Å². The maximum Gasteiger partial charge on any atom is 0.0909 e. The van der Waals surface area contributed by atoms with Crippen LogP contribution in [0.15, 0.2) is 22.5 Å². The number of allylic oxidation sites excluding steroid dienone is 4. The first kappa shape index (κ1) is 23.4. The van der Waals surface area contributed by atoms with Crippen LogP contribution >= 0.6 is 0 Å². The standard InChI is InChI=1S/C30H50O/c1-20(2)25(31)12-10-21(3)22-14-18-30(8)24-11-13-26-27(4,5)16-9-17-28(26,6)23(24)15-19-29(22,30)7/h21-22,26,31H,9-19H2,1-8H3/t21-,22-,26?,28-,29-,30+/m1/s1. The van der Waals surface area contributed by atoms with Gasteiger partial charge in [-0.15, -0.1) is 0 Å². The highest BCUT2D eigenvalue weighted by Gasteiger charge is 2.62. The summed E-state index contributed by atoms with van der Waals surface area (Å²) in [5.41, 5.74) is 6.72. The second kappa shape index (κ2) is 7.66. The Kier molecular flexibility index (Phi) is 5.79. The van der Waals surface area contributed by atoms with Gasteiger partial charge in [0.05, 0.1) is 5.76 Å². The average Bonchev–Trinajstić information content (AvgIpc) is 2.96. The van der Waals surface area contributed by atoms with Gasteiger partial charge in [-0.2, -0.15) is 0 Å². The molecule has 0 aromatic rings. The number of aliphatic hydroxyl groups is 1. The Balaban J connectivity index is 1.63. The second-order valence-corrected chi connectivity index (χ2v) is 13.7. The van der Waals surface area contributed by atoms with Gasteiger partial charge in [-0.25, -0.2) is 0 Å². The van der Waals surface area contributed by atoms with E-state index in [0.717, 1.165) is 30.3 Å². The van der Waals surface area contributed by atoms with Gasteiger partial charge in [-0.3, -0.25) is 0 Å². The molecular weight excluding hydrogens is 376 g/mol. The van der Waals surface area contributed by atoms with Crippen molar-refractivity contribution in [2.45, 2.75) is 126 Å². The third-order valence-electron chi connectivity index (χ3n) is 11.7. The molecule has 4 rings (SSSR count). The van der Waals surface area contributed by atoms with Gasteiger partial charge in [-0.1, -0.05) is 59.1 Å². The predicted molar refractivity (Wildman–Crippen MR) is 133 cm³/mol. The second-order valence-electron chi connectivity index (χ2n) is 13.7. The predicted octanol–water partition coefficient (Wildman–Crippen LogP) is 9.39. The van der Waals surface area contributed by atoms with Crippen LogP contribution < -0.4 is 0 Å². The van der Waals surface area contributed by atoms with Gasteiger partial charge in [0.15, 0.2) is 0 Å². The number of aliphatic hydroxyl groups excluding tert-OH is 1. The number of rotatable bonds is 4. The molecule has 0 bridgehead atoms. The molecule has 2 fully saturated rings. The van der Waals surface area contributed by atoms with Crippen LogP contribution in [0.1, 0.15) is 126 Å². The van der Waals surface area contributed by atoms with Gasteiger partial charge in [0, 0.05) is 6.42 Å². The summed E-state index contributed by atoms with van der Waals surface area (Å²) < 4.78 is 0. The molecule has 2 saturated carbocycles. The van der Waals surface area contributed by atoms with Gasteiger partial charge in [0.2, 0.25) is 0 Å². The van der Waals surface area contributed by atoms with Crippen LogP contribution in [-0.4, -0.2) is 5.11 Å². The molecule has 0 heterocycles. The highest BCUT2D eigenvalue weighted by molar-refractivity contribution is 5.38.